The van der Waals surface area contributed by atoms with Gasteiger partial charge >= 0.3 is 12.1 Å². The zero-order chi connectivity index (χ0) is 17.9. The molecule has 130 valence electrons. The third kappa shape index (κ3) is 3.74. The highest BCUT2D eigenvalue weighted by Gasteiger charge is 2.50. The Bertz CT molecular complexity index is 751. The van der Waals surface area contributed by atoms with Crippen molar-refractivity contribution in [1.82, 2.24) is 5.32 Å². The van der Waals surface area contributed by atoms with Crippen molar-refractivity contribution in [1.29, 1.82) is 0 Å². The summed E-state index contributed by atoms with van der Waals surface area (Å²) in [4.78, 5) is 23.4. The molecule has 1 amide bonds. The lowest BCUT2D eigenvalue weighted by molar-refractivity contribution is -0.148. The Morgan fingerprint density at radius 1 is 1.08 bits per heavy atom. The van der Waals surface area contributed by atoms with Gasteiger partial charge in [-0.3, -0.25) is 4.79 Å². The molecule has 3 N–H and O–H groups in total. The van der Waals surface area contributed by atoms with Crippen LogP contribution >= 0.6 is 0 Å². The van der Waals surface area contributed by atoms with Crippen LogP contribution in [0.5, 0.6) is 5.75 Å². The van der Waals surface area contributed by atoms with Crippen molar-refractivity contribution in [3.05, 3.63) is 65.7 Å². The van der Waals surface area contributed by atoms with Crippen molar-refractivity contribution in [3.63, 3.8) is 0 Å². The lowest BCUT2D eigenvalue weighted by atomic mass is 9.64. The standard InChI is InChI=1S/C19H19NO5/c21-16-8-6-15(7-9-16)19(10-14(11-19)17(22)23)20-18(24)25-12-13-4-2-1-3-5-13/h1-9,14,21H,10-12H2,(H,20,24)(H,22,23). The number of rotatable bonds is 5. The van der Waals surface area contributed by atoms with Gasteiger partial charge in [0.05, 0.1) is 11.5 Å². The van der Waals surface area contributed by atoms with Crippen LogP contribution in [-0.4, -0.2) is 22.3 Å². The molecular weight excluding hydrogens is 322 g/mol. The fourth-order valence-electron chi connectivity index (χ4n) is 3.10. The van der Waals surface area contributed by atoms with Gasteiger partial charge in [0.1, 0.15) is 12.4 Å². The normalized spacial score (nSPS) is 21.8. The first-order chi connectivity index (χ1) is 12.0. The monoisotopic (exact) mass is 341 g/mol. The summed E-state index contributed by atoms with van der Waals surface area (Å²) in [6.45, 7) is 0.140. The Hall–Kier alpha value is -3.02. The molecule has 1 aliphatic rings. The lowest BCUT2D eigenvalue weighted by Crippen LogP contribution is -2.56. The second kappa shape index (κ2) is 6.84. The van der Waals surface area contributed by atoms with Crippen molar-refractivity contribution < 1.29 is 24.5 Å². The number of hydrogen-bond acceptors (Lipinski definition) is 4. The van der Waals surface area contributed by atoms with E-state index in [-0.39, 0.29) is 25.2 Å². The predicted octanol–water partition coefficient (Wildman–Crippen LogP) is 3.01. The largest absolute Gasteiger partial charge is 0.508 e. The number of benzene rings is 2. The number of carboxylic acids is 1. The number of amides is 1. The third-order valence-electron chi connectivity index (χ3n) is 4.51. The van der Waals surface area contributed by atoms with Crippen LogP contribution in [0.25, 0.3) is 0 Å². The summed E-state index contributed by atoms with van der Waals surface area (Å²) in [5.74, 6) is -1.28. The highest BCUT2D eigenvalue weighted by molar-refractivity contribution is 5.74. The molecule has 0 spiro atoms. The Morgan fingerprint density at radius 3 is 2.32 bits per heavy atom. The molecule has 25 heavy (non-hydrogen) atoms. The van der Waals surface area contributed by atoms with Gasteiger partial charge in [0, 0.05) is 0 Å². The van der Waals surface area contributed by atoms with Gasteiger partial charge in [0.15, 0.2) is 0 Å². The maximum absolute atomic E-state index is 12.2. The average molecular weight is 341 g/mol. The van der Waals surface area contributed by atoms with Gasteiger partial charge in [-0.15, -0.1) is 0 Å². The number of hydrogen-bond donors (Lipinski definition) is 3. The van der Waals surface area contributed by atoms with Crippen molar-refractivity contribution in [2.45, 2.75) is 25.0 Å². The molecule has 0 bridgehead atoms. The number of aliphatic carboxylic acids is 1. The minimum absolute atomic E-state index is 0.111. The number of carboxylic acid groups (broad SMARTS) is 1. The van der Waals surface area contributed by atoms with Gasteiger partial charge in [0.25, 0.3) is 0 Å². The van der Waals surface area contributed by atoms with E-state index in [4.69, 9.17) is 9.84 Å². The van der Waals surface area contributed by atoms with Crippen molar-refractivity contribution in [2.24, 2.45) is 5.92 Å². The predicted molar refractivity (Wildman–Crippen MR) is 89.9 cm³/mol. The number of phenolic OH excluding ortho intramolecular Hbond substituents is 1. The molecule has 6 nitrogen and oxygen atoms in total. The summed E-state index contributed by atoms with van der Waals surface area (Å²) in [6, 6.07) is 15.7. The fourth-order valence-corrected chi connectivity index (χ4v) is 3.10. The van der Waals surface area contributed by atoms with E-state index in [1.54, 1.807) is 12.1 Å². The molecule has 0 atom stereocenters. The maximum Gasteiger partial charge on any atom is 0.408 e. The van der Waals surface area contributed by atoms with E-state index in [1.807, 2.05) is 30.3 Å². The molecule has 1 saturated carbocycles. The van der Waals surface area contributed by atoms with Gasteiger partial charge in [-0.25, -0.2) is 4.79 Å². The second-order valence-corrected chi connectivity index (χ2v) is 6.26. The second-order valence-electron chi connectivity index (χ2n) is 6.26. The first-order valence-corrected chi connectivity index (χ1v) is 8.00. The number of alkyl carbamates (subject to hydrolysis) is 1. The van der Waals surface area contributed by atoms with Gasteiger partial charge in [-0.05, 0) is 36.1 Å². The number of carbonyl (C=O) groups is 2. The molecule has 0 radical (unpaired) electrons. The van der Waals surface area contributed by atoms with Crippen LogP contribution in [0.2, 0.25) is 0 Å². The molecule has 0 saturated heterocycles. The van der Waals surface area contributed by atoms with Gasteiger partial charge in [0.2, 0.25) is 0 Å². The first-order valence-electron chi connectivity index (χ1n) is 8.00. The highest BCUT2D eigenvalue weighted by atomic mass is 16.5. The zero-order valence-electron chi connectivity index (χ0n) is 13.5. The number of phenols is 1. The summed E-state index contributed by atoms with van der Waals surface area (Å²) in [7, 11) is 0. The molecule has 0 aliphatic heterocycles. The summed E-state index contributed by atoms with van der Waals surface area (Å²) in [5.41, 5.74) is 0.831. The molecule has 3 rings (SSSR count). The Morgan fingerprint density at radius 2 is 1.72 bits per heavy atom. The van der Waals surface area contributed by atoms with E-state index < -0.39 is 23.5 Å². The SMILES string of the molecule is O=C(NC1(c2ccc(O)cc2)CC(C(=O)O)C1)OCc1ccccc1. The summed E-state index contributed by atoms with van der Waals surface area (Å²) in [5, 5.41) is 21.4. The van der Waals surface area contributed by atoms with E-state index in [2.05, 4.69) is 5.32 Å². The van der Waals surface area contributed by atoms with Gasteiger partial charge in [-0.1, -0.05) is 42.5 Å². The quantitative estimate of drug-likeness (QED) is 0.777. The van der Waals surface area contributed by atoms with E-state index in [1.165, 1.54) is 12.1 Å². The Balaban J connectivity index is 1.69. The number of aromatic hydroxyl groups is 1. The minimum Gasteiger partial charge on any atom is -0.508 e. The van der Waals surface area contributed by atoms with Crippen LogP contribution in [0.1, 0.15) is 24.0 Å². The molecule has 2 aromatic rings. The third-order valence-corrected chi connectivity index (χ3v) is 4.51. The maximum atomic E-state index is 12.2. The number of carbonyl (C=O) groups excluding carboxylic acids is 1. The first kappa shape index (κ1) is 16.8. The van der Waals surface area contributed by atoms with Crippen LogP contribution in [0, 0.1) is 5.92 Å². The molecule has 2 aromatic carbocycles. The topological polar surface area (TPSA) is 95.9 Å². The zero-order valence-corrected chi connectivity index (χ0v) is 13.5. The average Bonchev–Trinajstić information content (AvgIpc) is 2.57. The van der Waals surface area contributed by atoms with Crippen LogP contribution < -0.4 is 5.32 Å². The van der Waals surface area contributed by atoms with Gasteiger partial charge < -0.3 is 20.3 Å². The molecular formula is C19H19NO5. The van der Waals surface area contributed by atoms with E-state index in [9.17, 15) is 14.7 Å². The van der Waals surface area contributed by atoms with E-state index in [0.717, 1.165) is 11.1 Å². The van der Waals surface area contributed by atoms with E-state index in [0.29, 0.717) is 0 Å². The molecule has 0 aromatic heterocycles. The van der Waals surface area contributed by atoms with Crippen LogP contribution in [0.4, 0.5) is 4.79 Å². The Labute approximate surface area is 145 Å². The summed E-state index contributed by atoms with van der Waals surface area (Å²) < 4.78 is 5.25. The van der Waals surface area contributed by atoms with Crippen molar-refractivity contribution in [3.8, 4) is 5.75 Å². The molecule has 0 heterocycles. The minimum atomic E-state index is -0.881. The van der Waals surface area contributed by atoms with Gasteiger partial charge in [-0.2, -0.15) is 0 Å². The molecule has 6 heteroatoms. The van der Waals surface area contributed by atoms with Crippen LogP contribution in [0.3, 0.4) is 0 Å². The summed E-state index contributed by atoms with van der Waals surface area (Å²) in [6.07, 6.45) is -0.0260. The van der Waals surface area contributed by atoms with E-state index >= 15 is 0 Å². The van der Waals surface area contributed by atoms with Crippen molar-refractivity contribution >= 4 is 12.1 Å². The van der Waals surface area contributed by atoms with Crippen LogP contribution in [0.15, 0.2) is 54.6 Å². The molecule has 1 aliphatic carbocycles. The summed E-state index contributed by atoms with van der Waals surface area (Å²) >= 11 is 0. The highest BCUT2D eigenvalue weighted by Crippen LogP contribution is 2.46. The Kier molecular flexibility index (Phi) is 4.61. The molecule has 1 fully saturated rings. The number of ether oxygens (including phenoxy) is 1. The fraction of sp³-hybridized carbons (Fsp3) is 0.263. The lowest BCUT2D eigenvalue weighted by Gasteiger charge is -2.46. The van der Waals surface area contributed by atoms with Crippen LogP contribution in [-0.2, 0) is 21.7 Å². The molecule has 0 unspecified atom stereocenters. The smallest absolute Gasteiger partial charge is 0.408 e. The van der Waals surface area contributed by atoms with Crippen molar-refractivity contribution in [2.75, 3.05) is 0 Å². The number of nitrogens with one attached hydrogen (secondary N) is 1.